The molecule has 0 saturated carbocycles. The second kappa shape index (κ2) is 5.17. The van der Waals surface area contributed by atoms with Gasteiger partial charge in [0.2, 0.25) is 5.65 Å². The zero-order valence-corrected chi connectivity index (χ0v) is 11.5. The molecule has 2 aromatic rings. The van der Waals surface area contributed by atoms with Gasteiger partial charge in [-0.2, -0.15) is 0 Å². The summed E-state index contributed by atoms with van der Waals surface area (Å²) in [5.74, 6) is 1.80. The van der Waals surface area contributed by atoms with E-state index in [9.17, 15) is 0 Å². The smallest absolute Gasteiger partial charge is 0.203 e. The van der Waals surface area contributed by atoms with Crippen LogP contribution >= 0.6 is 0 Å². The van der Waals surface area contributed by atoms with Crippen LogP contribution in [0.25, 0.3) is 5.65 Å². The van der Waals surface area contributed by atoms with Crippen LogP contribution in [0.4, 0.5) is 0 Å². The molecule has 5 heteroatoms. The first-order valence-corrected chi connectivity index (χ1v) is 6.94. The lowest BCUT2D eigenvalue weighted by molar-refractivity contribution is 0.263. The third-order valence-electron chi connectivity index (χ3n) is 4.01. The van der Waals surface area contributed by atoms with Gasteiger partial charge in [-0.25, -0.2) is 0 Å². The predicted molar refractivity (Wildman–Crippen MR) is 73.5 cm³/mol. The molecule has 1 fully saturated rings. The van der Waals surface area contributed by atoms with Gasteiger partial charge in [0.25, 0.3) is 0 Å². The minimum absolute atomic E-state index is 0.601. The quantitative estimate of drug-likeness (QED) is 0.840. The van der Waals surface area contributed by atoms with E-state index in [4.69, 9.17) is 4.74 Å². The maximum Gasteiger partial charge on any atom is 0.203 e. The highest BCUT2D eigenvalue weighted by Gasteiger charge is 2.25. The number of hydrogen-bond acceptors (Lipinski definition) is 4. The Morgan fingerprint density at radius 3 is 3.11 bits per heavy atom. The van der Waals surface area contributed by atoms with Crippen LogP contribution in [0.2, 0.25) is 0 Å². The number of ether oxygens (including phenoxy) is 1. The number of hydrogen-bond donors (Lipinski definition) is 0. The van der Waals surface area contributed by atoms with Gasteiger partial charge in [-0.05, 0) is 38.1 Å². The molecular weight excluding hydrogens is 240 g/mol. The summed E-state index contributed by atoms with van der Waals surface area (Å²) in [7, 11) is 1.67. The Morgan fingerprint density at radius 1 is 1.42 bits per heavy atom. The van der Waals surface area contributed by atoms with E-state index in [2.05, 4.69) is 22.0 Å². The fourth-order valence-electron chi connectivity index (χ4n) is 2.99. The number of likely N-dealkylation sites (tertiary alicyclic amines) is 1. The summed E-state index contributed by atoms with van der Waals surface area (Å²) in [5, 5.41) is 8.59. The Morgan fingerprint density at radius 2 is 2.32 bits per heavy atom. The van der Waals surface area contributed by atoms with Crippen LogP contribution in [-0.2, 0) is 6.42 Å². The lowest BCUT2D eigenvalue weighted by atomic mass is 10.1. The lowest BCUT2D eigenvalue weighted by Gasteiger charge is -2.21. The minimum Gasteiger partial charge on any atom is -0.493 e. The van der Waals surface area contributed by atoms with Gasteiger partial charge in [0.1, 0.15) is 5.82 Å². The van der Waals surface area contributed by atoms with Crippen molar-refractivity contribution in [1.82, 2.24) is 19.5 Å². The molecule has 0 aromatic carbocycles. The molecule has 1 saturated heterocycles. The number of aromatic nitrogens is 3. The molecule has 1 aliphatic heterocycles. The topological polar surface area (TPSA) is 42.7 Å². The number of methoxy groups -OCH3 is 1. The molecule has 0 radical (unpaired) electrons. The standard InChI is InChI=1S/C14H20N4O/c1-3-17-8-4-6-11(17)10-13-15-16-14-12(19-2)7-5-9-18(13)14/h5,7,9,11H,3-4,6,8,10H2,1-2H3. The summed E-state index contributed by atoms with van der Waals surface area (Å²) in [4.78, 5) is 2.53. The average molecular weight is 260 g/mol. The molecule has 0 bridgehead atoms. The maximum atomic E-state index is 5.32. The highest BCUT2D eigenvalue weighted by molar-refractivity contribution is 5.53. The van der Waals surface area contributed by atoms with Crippen molar-refractivity contribution >= 4 is 5.65 Å². The summed E-state index contributed by atoms with van der Waals surface area (Å²) < 4.78 is 7.37. The second-order valence-electron chi connectivity index (χ2n) is 5.02. The zero-order chi connectivity index (χ0) is 13.2. The van der Waals surface area contributed by atoms with Crippen LogP contribution in [0.1, 0.15) is 25.6 Å². The van der Waals surface area contributed by atoms with Crippen LogP contribution in [0.15, 0.2) is 18.3 Å². The molecular formula is C14H20N4O. The van der Waals surface area contributed by atoms with E-state index in [1.54, 1.807) is 7.11 Å². The van der Waals surface area contributed by atoms with Gasteiger partial charge >= 0.3 is 0 Å². The van der Waals surface area contributed by atoms with E-state index in [0.29, 0.717) is 6.04 Å². The largest absolute Gasteiger partial charge is 0.493 e. The number of nitrogens with zero attached hydrogens (tertiary/aromatic N) is 4. The van der Waals surface area contributed by atoms with Gasteiger partial charge in [0.05, 0.1) is 7.11 Å². The molecule has 19 heavy (non-hydrogen) atoms. The molecule has 102 valence electrons. The van der Waals surface area contributed by atoms with Crippen LogP contribution in [0.5, 0.6) is 5.75 Å². The SMILES string of the molecule is CCN1CCCC1Cc1nnc2c(OC)cccn12. The van der Waals surface area contributed by atoms with Gasteiger partial charge < -0.3 is 9.64 Å². The van der Waals surface area contributed by atoms with Crippen molar-refractivity contribution in [3.63, 3.8) is 0 Å². The maximum absolute atomic E-state index is 5.32. The first-order valence-electron chi connectivity index (χ1n) is 6.94. The van der Waals surface area contributed by atoms with Crippen molar-refractivity contribution in [3.8, 4) is 5.75 Å². The summed E-state index contributed by atoms with van der Waals surface area (Å²) in [6, 6.07) is 4.50. The predicted octanol–water partition coefficient (Wildman–Crippen LogP) is 1.76. The van der Waals surface area contributed by atoms with Crippen LogP contribution in [-0.4, -0.2) is 45.7 Å². The van der Waals surface area contributed by atoms with Crippen LogP contribution in [0, 0.1) is 0 Å². The van der Waals surface area contributed by atoms with Gasteiger partial charge in [0.15, 0.2) is 5.75 Å². The number of fused-ring (bicyclic) bond motifs is 1. The molecule has 3 rings (SSSR count). The van der Waals surface area contributed by atoms with E-state index in [0.717, 1.165) is 30.2 Å². The summed E-state index contributed by atoms with van der Waals surface area (Å²) in [6.07, 6.45) is 5.52. The van der Waals surface area contributed by atoms with E-state index >= 15 is 0 Å². The fraction of sp³-hybridized carbons (Fsp3) is 0.571. The van der Waals surface area contributed by atoms with E-state index in [-0.39, 0.29) is 0 Å². The Hall–Kier alpha value is -1.62. The van der Waals surface area contributed by atoms with Crippen molar-refractivity contribution in [2.75, 3.05) is 20.2 Å². The minimum atomic E-state index is 0.601. The number of pyridine rings is 1. The Balaban J connectivity index is 1.89. The fourth-order valence-corrected chi connectivity index (χ4v) is 2.99. The Labute approximate surface area is 113 Å². The highest BCUT2D eigenvalue weighted by atomic mass is 16.5. The molecule has 0 amide bonds. The summed E-state index contributed by atoms with van der Waals surface area (Å²) >= 11 is 0. The van der Waals surface area contributed by atoms with Crippen LogP contribution < -0.4 is 4.74 Å². The molecule has 1 aliphatic rings. The van der Waals surface area contributed by atoms with Crippen molar-refractivity contribution in [1.29, 1.82) is 0 Å². The molecule has 0 spiro atoms. The molecule has 1 unspecified atom stereocenters. The monoisotopic (exact) mass is 260 g/mol. The molecule has 1 atom stereocenters. The second-order valence-corrected chi connectivity index (χ2v) is 5.02. The number of likely N-dealkylation sites (N-methyl/N-ethyl adjacent to an activating group) is 1. The summed E-state index contributed by atoms with van der Waals surface area (Å²) in [5.41, 5.74) is 0.807. The van der Waals surface area contributed by atoms with Gasteiger partial charge in [-0.1, -0.05) is 6.92 Å². The molecule has 0 N–H and O–H groups in total. The van der Waals surface area contributed by atoms with Gasteiger partial charge in [-0.3, -0.25) is 4.40 Å². The molecule has 3 heterocycles. The van der Waals surface area contributed by atoms with E-state index in [1.807, 2.05) is 22.7 Å². The number of rotatable bonds is 4. The van der Waals surface area contributed by atoms with E-state index in [1.165, 1.54) is 19.4 Å². The lowest BCUT2D eigenvalue weighted by Crippen LogP contribution is -2.31. The first kappa shape index (κ1) is 12.4. The van der Waals surface area contributed by atoms with Crippen molar-refractivity contribution < 1.29 is 4.74 Å². The third kappa shape index (κ3) is 2.18. The molecule has 0 aliphatic carbocycles. The molecule has 5 nitrogen and oxygen atoms in total. The van der Waals surface area contributed by atoms with Crippen LogP contribution in [0.3, 0.4) is 0 Å². The average Bonchev–Trinajstić information content (AvgIpc) is 3.06. The first-order chi connectivity index (χ1) is 9.33. The Bertz CT molecular complexity index is 566. The van der Waals surface area contributed by atoms with Gasteiger partial charge in [0, 0.05) is 18.7 Å². The van der Waals surface area contributed by atoms with Gasteiger partial charge in [-0.15, -0.1) is 10.2 Å². The zero-order valence-electron chi connectivity index (χ0n) is 11.5. The van der Waals surface area contributed by atoms with E-state index < -0.39 is 0 Å². The van der Waals surface area contributed by atoms with Crippen molar-refractivity contribution in [3.05, 3.63) is 24.2 Å². The van der Waals surface area contributed by atoms with Crippen molar-refractivity contribution in [2.24, 2.45) is 0 Å². The Kier molecular flexibility index (Phi) is 3.38. The molecule has 2 aromatic heterocycles. The van der Waals surface area contributed by atoms with Crippen molar-refractivity contribution in [2.45, 2.75) is 32.2 Å². The normalized spacial score (nSPS) is 20.2. The summed E-state index contributed by atoms with van der Waals surface area (Å²) in [6.45, 7) is 4.55. The third-order valence-corrected chi connectivity index (χ3v) is 4.01. The highest BCUT2D eigenvalue weighted by Crippen LogP contribution is 2.22.